The zero-order valence-electron chi connectivity index (χ0n) is 24.4. The average molecular weight is 600 g/mol. The smallest absolute Gasteiger partial charge is 0.224 e. The van der Waals surface area contributed by atoms with Gasteiger partial charge in [-0.05, 0) is 73.9 Å². The van der Waals surface area contributed by atoms with Crippen LogP contribution >= 0.6 is 11.3 Å². The molecule has 6 aromatic rings. The second kappa shape index (κ2) is 11.1. The highest BCUT2D eigenvalue weighted by molar-refractivity contribution is 7.26. The molecule has 3 aromatic carbocycles. The third-order valence-electron chi connectivity index (χ3n) is 9.04. The molecule has 6 nitrogen and oxygen atoms in total. The Hall–Kier alpha value is -4.62. The molecule has 0 radical (unpaired) electrons. The van der Waals surface area contributed by atoms with E-state index < -0.39 is 0 Å². The van der Waals surface area contributed by atoms with Gasteiger partial charge in [0, 0.05) is 74.5 Å². The van der Waals surface area contributed by atoms with Crippen LogP contribution < -0.4 is 15.6 Å². The van der Waals surface area contributed by atoms with Gasteiger partial charge in [0.15, 0.2) is 11.3 Å². The maximum absolute atomic E-state index is 13.2. The highest BCUT2D eigenvalue weighted by Gasteiger charge is 2.19. The molecule has 1 fully saturated rings. The maximum atomic E-state index is 13.2. The van der Waals surface area contributed by atoms with Crippen molar-refractivity contribution in [1.29, 1.82) is 0 Å². The van der Waals surface area contributed by atoms with Gasteiger partial charge in [-0.15, -0.1) is 11.3 Å². The molecule has 7 heteroatoms. The van der Waals surface area contributed by atoms with Crippen molar-refractivity contribution in [2.75, 3.05) is 23.3 Å². The fourth-order valence-electron chi connectivity index (χ4n) is 6.78. The van der Waals surface area contributed by atoms with Crippen LogP contribution in [0, 0.1) is 0 Å². The fraction of sp³-hybridized carbons (Fsp3) is 0.243. The summed E-state index contributed by atoms with van der Waals surface area (Å²) in [6.45, 7) is 1.82. The van der Waals surface area contributed by atoms with Gasteiger partial charge in [-0.1, -0.05) is 42.5 Å². The molecule has 1 saturated heterocycles. The first-order valence-electron chi connectivity index (χ1n) is 15.6. The lowest BCUT2D eigenvalue weighted by molar-refractivity contribution is -0.116. The van der Waals surface area contributed by atoms with E-state index in [1.165, 1.54) is 23.2 Å². The molecule has 4 heterocycles. The van der Waals surface area contributed by atoms with Gasteiger partial charge in [0.2, 0.25) is 5.91 Å². The highest BCUT2D eigenvalue weighted by Crippen LogP contribution is 2.42. The standard InChI is InChI=1S/C37H33N3O3S/c41-32-21-35(40-18-4-1-5-19-40)43-36-26(9-6-12-29(32)36)27-10-7-11-28-30-20-24(15-16-33(30)44-37(27)28)39-34(42)17-14-23-22-38-31-13-3-2-8-25(23)31/h2,6-12,15-16,20-22,38H,1,3-5,13-14,17-19H2,(H,39,42). The second-order valence-corrected chi connectivity index (χ2v) is 12.9. The van der Waals surface area contributed by atoms with Crippen molar-refractivity contribution in [3.8, 4) is 11.1 Å². The second-order valence-electron chi connectivity index (χ2n) is 11.9. The summed E-state index contributed by atoms with van der Waals surface area (Å²) < 4.78 is 8.79. The van der Waals surface area contributed by atoms with E-state index >= 15 is 0 Å². The molecule has 0 bridgehead atoms. The highest BCUT2D eigenvalue weighted by atomic mass is 32.1. The maximum Gasteiger partial charge on any atom is 0.224 e. The van der Waals surface area contributed by atoms with Crippen LogP contribution in [-0.4, -0.2) is 24.0 Å². The van der Waals surface area contributed by atoms with E-state index in [4.69, 9.17) is 4.42 Å². The minimum Gasteiger partial charge on any atom is -0.440 e. The molecule has 1 aliphatic heterocycles. The van der Waals surface area contributed by atoms with E-state index in [-0.39, 0.29) is 11.3 Å². The van der Waals surface area contributed by atoms with Gasteiger partial charge in [-0.3, -0.25) is 9.59 Å². The number of allylic oxidation sites excluding steroid dienone is 1. The average Bonchev–Trinajstić information content (AvgIpc) is 3.65. The number of hydrogen-bond donors (Lipinski definition) is 2. The monoisotopic (exact) mass is 599 g/mol. The lowest BCUT2D eigenvalue weighted by Crippen LogP contribution is -2.30. The van der Waals surface area contributed by atoms with Gasteiger partial charge in [-0.2, -0.15) is 0 Å². The van der Waals surface area contributed by atoms with E-state index in [2.05, 4.69) is 57.7 Å². The zero-order chi connectivity index (χ0) is 29.6. The molecule has 1 aliphatic carbocycles. The van der Waals surface area contributed by atoms with Gasteiger partial charge < -0.3 is 19.6 Å². The Bertz CT molecular complexity index is 2140. The lowest BCUT2D eigenvalue weighted by atomic mass is 9.99. The number of para-hydroxylation sites is 1. The predicted octanol–water partition coefficient (Wildman–Crippen LogP) is 8.68. The third kappa shape index (κ3) is 4.81. The number of benzene rings is 3. The van der Waals surface area contributed by atoms with Crippen molar-refractivity contribution in [2.45, 2.75) is 44.9 Å². The molecule has 0 atom stereocenters. The van der Waals surface area contributed by atoms with Crippen LogP contribution in [0.1, 0.15) is 48.9 Å². The molecule has 0 saturated carbocycles. The van der Waals surface area contributed by atoms with E-state index in [1.54, 1.807) is 17.4 Å². The summed E-state index contributed by atoms with van der Waals surface area (Å²) in [4.78, 5) is 31.7. The Morgan fingerprint density at radius 1 is 0.955 bits per heavy atom. The summed E-state index contributed by atoms with van der Waals surface area (Å²) in [5.41, 5.74) is 7.11. The Morgan fingerprint density at radius 2 is 1.80 bits per heavy atom. The Balaban J connectivity index is 1.11. The number of hydrogen-bond acceptors (Lipinski definition) is 5. The number of thiophene rings is 1. The number of anilines is 2. The molecule has 220 valence electrons. The zero-order valence-corrected chi connectivity index (χ0v) is 25.3. The van der Waals surface area contributed by atoms with Gasteiger partial charge in [0.25, 0.3) is 0 Å². The SMILES string of the molecule is O=C(CCc1c[nH]c2c1C=CCC2)Nc1ccc2sc3c(-c4cccc5c(=O)cc(N6CCCCC6)oc45)cccc3c2c1. The van der Waals surface area contributed by atoms with E-state index in [1.807, 2.05) is 30.5 Å². The first-order valence-corrected chi connectivity index (χ1v) is 16.4. The molecular weight excluding hydrogens is 566 g/mol. The number of rotatable bonds is 6. The van der Waals surface area contributed by atoms with Crippen molar-refractivity contribution in [1.82, 2.24) is 4.98 Å². The van der Waals surface area contributed by atoms with Gasteiger partial charge >= 0.3 is 0 Å². The van der Waals surface area contributed by atoms with Crippen LogP contribution in [0.4, 0.5) is 11.6 Å². The minimum absolute atomic E-state index is 0.00886. The third-order valence-corrected chi connectivity index (χ3v) is 10.3. The number of carbonyl (C=O) groups excluding carboxylic acids is 1. The van der Waals surface area contributed by atoms with Crippen molar-refractivity contribution < 1.29 is 9.21 Å². The number of H-pyrrole nitrogens is 1. The van der Waals surface area contributed by atoms with Gasteiger partial charge in [-0.25, -0.2) is 0 Å². The van der Waals surface area contributed by atoms with Crippen LogP contribution in [0.2, 0.25) is 0 Å². The lowest BCUT2D eigenvalue weighted by Gasteiger charge is -2.27. The topological polar surface area (TPSA) is 78.3 Å². The number of aryl methyl sites for hydroxylation is 2. The Morgan fingerprint density at radius 3 is 2.68 bits per heavy atom. The number of aromatic nitrogens is 1. The number of fused-ring (bicyclic) bond motifs is 5. The van der Waals surface area contributed by atoms with Crippen LogP contribution in [0.5, 0.6) is 0 Å². The number of nitrogens with zero attached hydrogens (tertiary/aromatic N) is 1. The summed E-state index contributed by atoms with van der Waals surface area (Å²) in [5, 5.41) is 5.95. The molecule has 2 aliphatic rings. The minimum atomic E-state index is -0.00886. The van der Waals surface area contributed by atoms with Crippen molar-refractivity contribution >= 4 is 66.0 Å². The summed E-state index contributed by atoms with van der Waals surface area (Å²) in [5.74, 6) is 0.668. The van der Waals surface area contributed by atoms with Crippen LogP contribution in [0.15, 0.2) is 82.1 Å². The molecule has 1 amide bonds. The molecule has 8 rings (SSSR count). The van der Waals surface area contributed by atoms with E-state index in [0.717, 1.165) is 75.8 Å². The Labute approximate surface area is 259 Å². The molecule has 2 N–H and O–H groups in total. The van der Waals surface area contributed by atoms with Gasteiger partial charge in [0.1, 0.15) is 5.58 Å². The largest absolute Gasteiger partial charge is 0.440 e. The molecular formula is C37H33N3O3S. The van der Waals surface area contributed by atoms with Crippen molar-refractivity contribution in [3.05, 3.63) is 100.0 Å². The first-order chi connectivity index (χ1) is 21.6. The number of piperidine rings is 1. The summed E-state index contributed by atoms with van der Waals surface area (Å²) in [7, 11) is 0. The number of carbonyl (C=O) groups is 1. The quantitative estimate of drug-likeness (QED) is 0.201. The summed E-state index contributed by atoms with van der Waals surface area (Å²) >= 11 is 1.72. The van der Waals surface area contributed by atoms with Crippen LogP contribution in [-0.2, 0) is 17.6 Å². The van der Waals surface area contributed by atoms with E-state index in [9.17, 15) is 9.59 Å². The molecule has 0 spiro atoms. The number of nitrogens with one attached hydrogen (secondary N) is 2. The molecule has 44 heavy (non-hydrogen) atoms. The molecule has 0 unspecified atom stereocenters. The fourth-order valence-corrected chi connectivity index (χ4v) is 7.99. The van der Waals surface area contributed by atoms with Crippen LogP contribution in [0.3, 0.4) is 0 Å². The molecule has 3 aromatic heterocycles. The summed E-state index contributed by atoms with van der Waals surface area (Å²) in [6.07, 6.45) is 13.1. The van der Waals surface area contributed by atoms with Crippen molar-refractivity contribution in [3.63, 3.8) is 0 Å². The normalized spacial score (nSPS) is 14.9. The number of amides is 1. The van der Waals surface area contributed by atoms with Crippen LogP contribution in [0.25, 0.3) is 48.3 Å². The summed E-state index contributed by atoms with van der Waals surface area (Å²) in [6, 6.07) is 19.9. The number of aromatic amines is 1. The van der Waals surface area contributed by atoms with E-state index in [0.29, 0.717) is 29.7 Å². The van der Waals surface area contributed by atoms with Gasteiger partial charge in [0.05, 0.1) is 5.39 Å². The first kappa shape index (κ1) is 27.0. The predicted molar refractivity (Wildman–Crippen MR) is 182 cm³/mol. The Kier molecular flexibility index (Phi) is 6.83. The van der Waals surface area contributed by atoms with Crippen molar-refractivity contribution in [2.24, 2.45) is 0 Å².